The van der Waals surface area contributed by atoms with Crippen LogP contribution in [0.25, 0.3) is 0 Å². The zero-order valence-electron chi connectivity index (χ0n) is 10.3. The van der Waals surface area contributed by atoms with Crippen LogP contribution in [0.4, 0.5) is 16.2 Å². The molecule has 100 valence electrons. The number of hydrogen-bond donors (Lipinski definition) is 3. The first-order chi connectivity index (χ1) is 9.04. The molecule has 0 saturated carbocycles. The molecule has 2 rings (SSSR count). The molecule has 4 nitrogen and oxygen atoms in total. The third kappa shape index (κ3) is 3.97. The van der Waals surface area contributed by atoms with Gasteiger partial charge in [-0.2, -0.15) is 0 Å². The maximum Gasteiger partial charge on any atom is 0.316 e. The Morgan fingerprint density at radius 1 is 1.21 bits per heavy atom. The SMILES string of the molecule is CC(Nc1ccc(NC(N)=O)cc1)c1ccc(Br)s1. The van der Waals surface area contributed by atoms with Crippen molar-refractivity contribution >= 4 is 44.7 Å². The van der Waals surface area contributed by atoms with Crippen LogP contribution in [0.2, 0.25) is 0 Å². The van der Waals surface area contributed by atoms with Crippen LogP contribution in [0, 0.1) is 0 Å². The van der Waals surface area contributed by atoms with Gasteiger partial charge in [-0.3, -0.25) is 0 Å². The Bertz CT molecular complexity index is 568. The van der Waals surface area contributed by atoms with Crippen LogP contribution >= 0.6 is 27.3 Å². The number of anilines is 2. The number of thiophene rings is 1. The summed E-state index contributed by atoms with van der Waals surface area (Å²) in [5, 5.41) is 5.92. The van der Waals surface area contributed by atoms with Gasteiger partial charge in [-0.1, -0.05) is 0 Å². The monoisotopic (exact) mass is 339 g/mol. The number of nitrogens with two attached hydrogens (primary N) is 1. The van der Waals surface area contributed by atoms with E-state index in [9.17, 15) is 4.79 Å². The molecule has 1 aromatic carbocycles. The van der Waals surface area contributed by atoms with Crippen LogP contribution in [-0.2, 0) is 0 Å². The van der Waals surface area contributed by atoms with Gasteiger partial charge < -0.3 is 16.4 Å². The molecule has 0 aliphatic rings. The van der Waals surface area contributed by atoms with Crippen molar-refractivity contribution in [1.29, 1.82) is 0 Å². The zero-order valence-corrected chi connectivity index (χ0v) is 12.7. The topological polar surface area (TPSA) is 67.2 Å². The Kier molecular flexibility index (Phi) is 4.44. The molecule has 1 aromatic heterocycles. The lowest BCUT2D eigenvalue weighted by Gasteiger charge is -2.14. The van der Waals surface area contributed by atoms with E-state index >= 15 is 0 Å². The van der Waals surface area contributed by atoms with Crippen molar-refractivity contribution in [2.24, 2.45) is 5.73 Å². The number of carbonyl (C=O) groups is 1. The van der Waals surface area contributed by atoms with Crippen molar-refractivity contribution in [2.45, 2.75) is 13.0 Å². The smallest absolute Gasteiger partial charge is 0.316 e. The highest BCUT2D eigenvalue weighted by atomic mass is 79.9. The highest BCUT2D eigenvalue weighted by Gasteiger charge is 2.07. The molecule has 1 unspecified atom stereocenters. The van der Waals surface area contributed by atoms with Gasteiger partial charge in [0.1, 0.15) is 0 Å². The van der Waals surface area contributed by atoms with Gasteiger partial charge in [0, 0.05) is 16.3 Å². The van der Waals surface area contributed by atoms with Crippen LogP contribution in [0.15, 0.2) is 40.2 Å². The average molecular weight is 340 g/mol. The summed E-state index contributed by atoms with van der Waals surface area (Å²) in [6.07, 6.45) is 0. The zero-order chi connectivity index (χ0) is 13.8. The Morgan fingerprint density at radius 3 is 2.37 bits per heavy atom. The fourth-order valence-electron chi connectivity index (χ4n) is 1.67. The number of primary amides is 1. The van der Waals surface area contributed by atoms with Gasteiger partial charge in [-0.15, -0.1) is 11.3 Å². The number of hydrogen-bond acceptors (Lipinski definition) is 3. The van der Waals surface area contributed by atoms with Gasteiger partial charge in [0.05, 0.1) is 9.83 Å². The lowest BCUT2D eigenvalue weighted by atomic mass is 10.2. The van der Waals surface area contributed by atoms with Crippen LogP contribution in [0.5, 0.6) is 0 Å². The minimum Gasteiger partial charge on any atom is -0.378 e. The summed E-state index contributed by atoms with van der Waals surface area (Å²) in [4.78, 5) is 12.0. The molecule has 1 heterocycles. The average Bonchev–Trinajstić information content (AvgIpc) is 2.78. The second-order valence-corrected chi connectivity index (χ2v) is 6.57. The number of amides is 2. The second kappa shape index (κ2) is 6.08. The fourth-order valence-corrected chi connectivity index (χ4v) is 3.10. The van der Waals surface area contributed by atoms with Gasteiger partial charge in [0.25, 0.3) is 0 Å². The quantitative estimate of drug-likeness (QED) is 0.782. The molecular weight excluding hydrogens is 326 g/mol. The van der Waals surface area contributed by atoms with Crippen LogP contribution in [0.1, 0.15) is 17.8 Å². The molecule has 0 radical (unpaired) electrons. The fraction of sp³-hybridized carbons (Fsp3) is 0.154. The number of carbonyl (C=O) groups excluding carboxylic acids is 1. The van der Waals surface area contributed by atoms with Crippen molar-refractivity contribution in [3.8, 4) is 0 Å². The molecule has 6 heteroatoms. The number of urea groups is 1. The minimum absolute atomic E-state index is 0.228. The van der Waals surface area contributed by atoms with Gasteiger partial charge in [-0.25, -0.2) is 4.79 Å². The normalized spacial score (nSPS) is 11.9. The largest absolute Gasteiger partial charge is 0.378 e. The van der Waals surface area contributed by atoms with Crippen LogP contribution in [0.3, 0.4) is 0 Å². The van der Waals surface area contributed by atoms with Gasteiger partial charge in [0.15, 0.2) is 0 Å². The number of halogens is 1. The highest BCUT2D eigenvalue weighted by Crippen LogP contribution is 2.29. The van der Waals surface area contributed by atoms with E-state index in [4.69, 9.17) is 5.73 Å². The first-order valence-corrected chi connectivity index (χ1v) is 7.34. The Balaban J connectivity index is 2.01. The van der Waals surface area contributed by atoms with Crippen molar-refractivity contribution in [1.82, 2.24) is 0 Å². The summed E-state index contributed by atoms with van der Waals surface area (Å²) in [6.45, 7) is 2.11. The summed E-state index contributed by atoms with van der Waals surface area (Å²) in [5.74, 6) is 0. The predicted molar refractivity (Wildman–Crippen MR) is 83.7 cm³/mol. The molecule has 0 fully saturated rings. The summed E-state index contributed by atoms with van der Waals surface area (Å²) >= 11 is 5.16. The maximum absolute atomic E-state index is 10.7. The van der Waals surface area contributed by atoms with E-state index in [0.29, 0.717) is 5.69 Å². The van der Waals surface area contributed by atoms with E-state index in [1.807, 2.05) is 30.3 Å². The third-order valence-electron chi connectivity index (χ3n) is 2.56. The molecule has 2 amide bonds. The van der Waals surface area contributed by atoms with E-state index in [2.05, 4.69) is 39.6 Å². The molecule has 19 heavy (non-hydrogen) atoms. The third-order valence-corrected chi connectivity index (χ3v) is 4.36. The second-order valence-electron chi connectivity index (χ2n) is 4.07. The molecule has 0 aliphatic heterocycles. The van der Waals surface area contributed by atoms with Crippen LogP contribution in [-0.4, -0.2) is 6.03 Å². The minimum atomic E-state index is -0.558. The first-order valence-electron chi connectivity index (χ1n) is 5.73. The molecular formula is C13H14BrN3OS. The predicted octanol–water partition coefficient (Wildman–Crippen LogP) is 4.17. The number of nitrogens with one attached hydrogen (secondary N) is 2. The molecule has 4 N–H and O–H groups in total. The van der Waals surface area contributed by atoms with E-state index in [0.717, 1.165) is 9.47 Å². The van der Waals surface area contributed by atoms with Crippen molar-refractivity contribution in [3.63, 3.8) is 0 Å². The highest BCUT2D eigenvalue weighted by molar-refractivity contribution is 9.11. The molecule has 0 bridgehead atoms. The lowest BCUT2D eigenvalue weighted by Crippen LogP contribution is -2.19. The molecule has 0 saturated heterocycles. The van der Waals surface area contributed by atoms with Crippen molar-refractivity contribution in [2.75, 3.05) is 10.6 Å². The summed E-state index contributed by atoms with van der Waals surface area (Å²) < 4.78 is 1.12. The summed E-state index contributed by atoms with van der Waals surface area (Å²) in [5.41, 5.74) is 6.73. The van der Waals surface area contributed by atoms with Gasteiger partial charge in [0.2, 0.25) is 0 Å². The maximum atomic E-state index is 10.7. The Hall–Kier alpha value is -1.53. The van der Waals surface area contributed by atoms with Crippen molar-refractivity contribution in [3.05, 3.63) is 45.1 Å². The van der Waals surface area contributed by atoms with Crippen LogP contribution < -0.4 is 16.4 Å². The van der Waals surface area contributed by atoms with E-state index in [-0.39, 0.29) is 6.04 Å². The van der Waals surface area contributed by atoms with E-state index < -0.39 is 6.03 Å². The summed E-state index contributed by atoms with van der Waals surface area (Å²) in [7, 11) is 0. The summed E-state index contributed by atoms with van der Waals surface area (Å²) in [6, 6.07) is 11.2. The standard InChI is InChI=1S/C13H14BrN3OS/c1-8(11-6-7-12(14)19-11)16-9-2-4-10(5-3-9)17-13(15)18/h2-8,16H,1H3,(H3,15,17,18). The number of benzene rings is 1. The van der Waals surface area contributed by atoms with Gasteiger partial charge in [-0.05, 0) is 59.3 Å². The van der Waals surface area contributed by atoms with E-state index in [1.54, 1.807) is 11.3 Å². The Labute approximate surface area is 124 Å². The number of rotatable bonds is 4. The Morgan fingerprint density at radius 2 is 1.84 bits per heavy atom. The molecule has 0 aliphatic carbocycles. The van der Waals surface area contributed by atoms with Gasteiger partial charge >= 0.3 is 6.03 Å². The molecule has 1 atom stereocenters. The molecule has 0 spiro atoms. The first kappa shape index (κ1) is 13.9. The lowest BCUT2D eigenvalue weighted by molar-refractivity contribution is 0.259. The van der Waals surface area contributed by atoms with Crippen molar-refractivity contribution < 1.29 is 4.79 Å². The molecule has 2 aromatic rings. The van der Waals surface area contributed by atoms with E-state index in [1.165, 1.54) is 4.88 Å².